The van der Waals surface area contributed by atoms with Gasteiger partial charge in [0.15, 0.2) is 0 Å². The van der Waals surface area contributed by atoms with Crippen LogP contribution < -0.4 is 5.32 Å². The van der Waals surface area contributed by atoms with E-state index in [1.807, 2.05) is 25.1 Å². The van der Waals surface area contributed by atoms with E-state index in [1.165, 1.54) is 19.3 Å². The lowest BCUT2D eigenvalue weighted by Gasteiger charge is -2.19. The molecular weight excluding hydrogens is 208 g/mol. The van der Waals surface area contributed by atoms with Crippen molar-refractivity contribution in [1.82, 2.24) is 0 Å². The molecule has 2 heteroatoms. The van der Waals surface area contributed by atoms with Crippen LogP contribution >= 0.6 is 0 Å². The number of anilines is 1. The molecule has 2 nitrogen and oxygen atoms in total. The lowest BCUT2D eigenvalue weighted by atomic mass is 9.92. The highest BCUT2D eigenvalue weighted by atomic mass is 14.9. The van der Waals surface area contributed by atoms with Crippen LogP contribution in [0.4, 0.5) is 5.69 Å². The average molecular weight is 228 g/mol. The third-order valence-corrected chi connectivity index (χ3v) is 3.71. The Balaban J connectivity index is 2.15. The fourth-order valence-corrected chi connectivity index (χ4v) is 2.72. The second kappa shape index (κ2) is 4.41. The van der Waals surface area contributed by atoms with Gasteiger partial charge in [0.25, 0.3) is 0 Å². The van der Waals surface area contributed by atoms with E-state index in [2.05, 4.69) is 25.2 Å². The maximum absolute atomic E-state index is 9.19. The molecule has 0 aromatic heterocycles. The van der Waals surface area contributed by atoms with E-state index in [-0.39, 0.29) is 0 Å². The number of nitrogens with one attached hydrogen (secondary N) is 1. The number of benzene rings is 1. The molecule has 0 bridgehead atoms. The highest BCUT2D eigenvalue weighted by Crippen LogP contribution is 2.38. The van der Waals surface area contributed by atoms with Gasteiger partial charge in [-0.3, -0.25) is 0 Å². The summed E-state index contributed by atoms with van der Waals surface area (Å²) in [5, 5.41) is 12.7. The molecule has 90 valence electrons. The van der Waals surface area contributed by atoms with Gasteiger partial charge in [-0.15, -0.1) is 0 Å². The Morgan fingerprint density at radius 3 is 2.76 bits per heavy atom. The van der Waals surface area contributed by atoms with E-state index in [0.717, 1.165) is 16.8 Å². The summed E-state index contributed by atoms with van der Waals surface area (Å²) < 4.78 is 0. The molecule has 1 aliphatic carbocycles. The van der Waals surface area contributed by atoms with Crippen molar-refractivity contribution in [2.24, 2.45) is 5.41 Å². The first-order valence-corrected chi connectivity index (χ1v) is 6.28. The van der Waals surface area contributed by atoms with E-state index in [9.17, 15) is 5.26 Å². The second-order valence-corrected chi connectivity index (χ2v) is 5.86. The topological polar surface area (TPSA) is 35.8 Å². The zero-order chi connectivity index (χ0) is 12.5. The van der Waals surface area contributed by atoms with Crippen molar-refractivity contribution in [1.29, 1.82) is 5.26 Å². The van der Waals surface area contributed by atoms with Crippen molar-refractivity contribution < 1.29 is 0 Å². The smallest absolute Gasteiger partial charge is 0.102 e. The van der Waals surface area contributed by atoms with Gasteiger partial charge >= 0.3 is 0 Å². The van der Waals surface area contributed by atoms with Gasteiger partial charge in [-0.2, -0.15) is 5.26 Å². The second-order valence-electron chi connectivity index (χ2n) is 5.86. The summed E-state index contributed by atoms with van der Waals surface area (Å²) in [5.74, 6) is 0. The van der Waals surface area contributed by atoms with Crippen molar-refractivity contribution in [3.63, 3.8) is 0 Å². The molecule has 1 aliphatic rings. The van der Waals surface area contributed by atoms with Crippen molar-refractivity contribution in [2.45, 2.75) is 46.1 Å². The monoisotopic (exact) mass is 228 g/mol. The lowest BCUT2D eigenvalue weighted by molar-refractivity contribution is 0.378. The quantitative estimate of drug-likeness (QED) is 0.834. The van der Waals surface area contributed by atoms with Crippen LogP contribution in [0, 0.1) is 23.7 Å². The van der Waals surface area contributed by atoms with E-state index in [4.69, 9.17) is 0 Å². The Morgan fingerprint density at radius 1 is 1.41 bits per heavy atom. The van der Waals surface area contributed by atoms with E-state index >= 15 is 0 Å². The fraction of sp³-hybridized carbons (Fsp3) is 0.533. The van der Waals surface area contributed by atoms with Crippen LogP contribution in [0.25, 0.3) is 0 Å². The van der Waals surface area contributed by atoms with E-state index in [0.29, 0.717) is 11.5 Å². The molecule has 1 fully saturated rings. The first kappa shape index (κ1) is 12.0. The van der Waals surface area contributed by atoms with Crippen molar-refractivity contribution in [2.75, 3.05) is 5.32 Å². The summed E-state index contributed by atoms with van der Waals surface area (Å²) >= 11 is 0. The molecular formula is C15H20N2. The maximum Gasteiger partial charge on any atom is 0.102 e. The van der Waals surface area contributed by atoms with Gasteiger partial charge in [0, 0.05) is 6.04 Å². The highest BCUT2D eigenvalue weighted by Gasteiger charge is 2.31. The van der Waals surface area contributed by atoms with E-state index in [1.54, 1.807) is 0 Å². The number of nitriles is 1. The lowest BCUT2D eigenvalue weighted by Crippen LogP contribution is -2.18. The maximum atomic E-state index is 9.19. The molecule has 2 rings (SSSR count). The summed E-state index contributed by atoms with van der Waals surface area (Å²) in [4.78, 5) is 0. The Kier molecular flexibility index (Phi) is 3.11. The minimum absolute atomic E-state index is 0.439. The van der Waals surface area contributed by atoms with Crippen molar-refractivity contribution in [3.8, 4) is 6.07 Å². The molecule has 1 aromatic rings. The number of hydrogen-bond donors (Lipinski definition) is 1. The first-order chi connectivity index (χ1) is 8.02. The largest absolute Gasteiger partial charge is 0.381 e. The summed E-state index contributed by atoms with van der Waals surface area (Å²) in [6, 6.07) is 8.82. The van der Waals surface area contributed by atoms with Crippen LogP contribution in [0.2, 0.25) is 0 Å². The van der Waals surface area contributed by atoms with Crippen LogP contribution in [0.15, 0.2) is 18.2 Å². The van der Waals surface area contributed by atoms with Crippen LogP contribution in [0.3, 0.4) is 0 Å². The standard InChI is InChI=1S/C15H20N2/c1-11-5-4-6-14(13(11)10-16)17-12-7-8-15(2,3)9-12/h4-6,12,17H,7-9H2,1-3H3. The molecule has 1 atom stereocenters. The predicted molar refractivity (Wildman–Crippen MR) is 70.9 cm³/mol. The van der Waals surface area contributed by atoms with Gasteiger partial charge in [0.2, 0.25) is 0 Å². The Hall–Kier alpha value is -1.49. The van der Waals surface area contributed by atoms with Crippen molar-refractivity contribution >= 4 is 5.69 Å². The molecule has 1 aromatic carbocycles. The van der Waals surface area contributed by atoms with Gasteiger partial charge in [-0.25, -0.2) is 0 Å². The summed E-state index contributed by atoms with van der Waals surface area (Å²) in [5.41, 5.74) is 3.27. The minimum atomic E-state index is 0.439. The molecule has 1 N–H and O–H groups in total. The Morgan fingerprint density at radius 2 is 2.18 bits per heavy atom. The number of hydrogen-bond acceptors (Lipinski definition) is 2. The Labute approximate surface area is 104 Å². The highest BCUT2D eigenvalue weighted by molar-refractivity contribution is 5.61. The van der Waals surface area contributed by atoms with Crippen LogP contribution in [0.5, 0.6) is 0 Å². The molecule has 1 unspecified atom stereocenters. The number of aryl methyl sites for hydroxylation is 1. The summed E-state index contributed by atoms with van der Waals surface area (Å²) in [7, 11) is 0. The molecule has 0 heterocycles. The van der Waals surface area contributed by atoms with Gasteiger partial charge in [0.1, 0.15) is 6.07 Å². The van der Waals surface area contributed by atoms with Gasteiger partial charge in [0.05, 0.1) is 11.3 Å². The Bertz CT molecular complexity index is 454. The minimum Gasteiger partial charge on any atom is -0.381 e. The number of rotatable bonds is 2. The SMILES string of the molecule is Cc1cccc(NC2CCC(C)(C)C2)c1C#N. The normalized spacial score (nSPS) is 22.1. The predicted octanol–water partition coefficient (Wildman–Crippen LogP) is 3.86. The molecule has 0 saturated heterocycles. The van der Waals surface area contributed by atoms with Crippen LogP contribution in [0.1, 0.15) is 44.2 Å². The molecule has 17 heavy (non-hydrogen) atoms. The van der Waals surface area contributed by atoms with Crippen LogP contribution in [-0.2, 0) is 0 Å². The molecule has 1 saturated carbocycles. The third kappa shape index (κ3) is 2.61. The number of nitrogens with zero attached hydrogens (tertiary/aromatic N) is 1. The van der Waals surface area contributed by atoms with Crippen LogP contribution in [-0.4, -0.2) is 6.04 Å². The summed E-state index contributed by atoms with van der Waals surface area (Å²) in [6.45, 7) is 6.62. The summed E-state index contributed by atoms with van der Waals surface area (Å²) in [6.07, 6.45) is 3.65. The molecule has 0 radical (unpaired) electrons. The molecule has 0 aliphatic heterocycles. The van der Waals surface area contributed by atoms with Gasteiger partial charge in [-0.05, 0) is 43.2 Å². The third-order valence-electron chi connectivity index (χ3n) is 3.71. The zero-order valence-corrected chi connectivity index (χ0v) is 10.9. The zero-order valence-electron chi connectivity index (χ0n) is 10.9. The fourth-order valence-electron chi connectivity index (χ4n) is 2.72. The van der Waals surface area contributed by atoms with E-state index < -0.39 is 0 Å². The van der Waals surface area contributed by atoms with Gasteiger partial charge in [-0.1, -0.05) is 26.0 Å². The first-order valence-electron chi connectivity index (χ1n) is 6.28. The molecule has 0 amide bonds. The molecule has 0 spiro atoms. The van der Waals surface area contributed by atoms with Gasteiger partial charge < -0.3 is 5.32 Å². The van der Waals surface area contributed by atoms with Crippen molar-refractivity contribution in [3.05, 3.63) is 29.3 Å². The average Bonchev–Trinajstić information content (AvgIpc) is 2.58.